The molecule has 8 rings (SSSR count). The van der Waals surface area contributed by atoms with E-state index >= 15 is 0 Å². The Balaban J connectivity index is 1.33. The molecular formula is C38H24O. The maximum Gasteiger partial charge on any atom is 0.135 e. The van der Waals surface area contributed by atoms with E-state index < -0.39 is 0 Å². The summed E-state index contributed by atoms with van der Waals surface area (Å²) in [6.07, 6.45) is 0. The van der Waals surface area contributed by atoms with Gasteiger partial charge in [-0.3, -0.25) is 0 Å². The highest BCUT2D eigenvalue weighted by Crippen LogP contribution is 2.39. The lowest BCUT2D eigenvalue weighted by atomic mass is 9.91. The Hall–Kier alpha value is -5.14. The molecule has 0 spiro atoms. The second-order valence-electron chi connectivity index (χ2n) is 10.2. The Bertz CT molecular complexity index is 2170. The lowest BCUT2D eigenvalue weighted by Crippen LogP contribution is -1.87. The Morgan fingerprint density at radius 1 is 0.308 bits per heavy atom. The predicted molar refractivity (Wildman–Crippen MR) is 165 cm³/mol. The molecule has 0 aliphatic heterocycles. The van der Waals surface area contributed by atoms with Crippen LogP contribution in [0.15, 0.2) is 150 Å². The molecule has 1 nitrogen and oxygen atoms in total. The first-order valence-corrected chi connectivity index (χ1v) is 13.3. The molecule has 0 fully saturated rings. The van der Waals surface area contributed by atoms with Gasteiger partial charge in [0.05, 0.1) is 0 Å². The van der Waals surface area contributed by atoms with Crippen molar-refractivity contribution in [3.63, 3.8) is 0 Å². The van der Waals surface area contributed by atoms with Crippen molar-refractivity contribution in [2.24, 2.45) is 0 Å². The summed E-state index contributed by atoms with van der Waals surface area (Å²) >= 11 is 0. The van der Waals surface area contributed by atoms with E-state index in [-0.39, 0.29) is 0 Å². The van der Waals surface area contributed by atoms with Gasteiger partial charge in [-0.15, -0.1) is 0 Å². The van der Waals surface area contributed by atoms with Gasteiger partial charge in [0.1, 0.15) is 11.2 Å². The quantitative estimate of drug-likeness (QED) is 0.237. The molecule has 0 saturated heterocycles. The average Bonchev–Trinajstić information content (AvgIpc) is 3.38. The van der Waals surface area contributed by atoms with Crippen LogP contribution in [-0.2, 0) is 0 Å². The van der Waals surface area contributed by atoms with E-state index in [1.807, 2.05) is 0 Å². The van der Waals surface area contributed by atoms with Crippen molar-refractivity contribution in [1.82, 2.24) is 0 Å². The molecule has 39 heavy (non-hydrogen) atoms. The SMILES string of the molecule is c1ccc(-c2cc3ccccc3cc2-c2ccc3oc4ccc(-c5ccc6ccccc6c5)cc4c3c2)cc1. The van der Waals surface area contributed by atoms with Crippen LogP contribution in [0.1, 0.15) is 0 Å². The molecule has 0 unspecified atom stereocenters. The molecule has 7 aromatic carbocycles. The van der Waals surface area contributed by atoms with E-state index in [0.29, 0.717) is 0 Å². The maximum absolute atomic E-state index is 6.29. The van der Waals surface area contributed by atoms with E-state index in [1.165, 1.54) is 54.9 Å². The second kappa shape index (κ2) is 8.72. The van der Waals surface area contributed by atoms with Crippen LogP contribution in [-0.4, -0.2) is 0 Å². The van der Waals surface area contributed by atoms with Crippen LogP contribution in [0, 0.1) is 0 Å². The zero-order valence-electron chi connectivity index (χ0n) is 21.3. The molecule has 8 aromatic rings. The first kappa shape index (κ1) is 21.9. The number of rotatable bonds is 3. The van der Waals surface area contributed by atoms with Gasteiger partial charge < -0.3 is 4.42 Å². The molecule has 0 saturated carbocycles. The largest absolute Gasteiger partial charge is 0.456 e. The van der Waals surface area contributed by atoms with Crippen LogP contribution in [0.5, 0.6) is 0 Å². The zero-order valence-corrected chi connectivity index (χ0v) is 21.3. The minimum absolute atomic E-state index is 0.909. The van der Waals surface area contributed by atoms with Gasteiger partial charge >= 0.3 is 0 Å². The Labute approximate surface area is 226 Å². The smallest absolute Gasteiger partial charge is 0.135 e. The molecule has 0 N–H and O–H groups in total. The summed E-state index contributed by atoms with van der Waals surface area (Å²) in [7, 11) is 0. The molecule has 1 heterocycles. The van der Waals surface area contributed by atoms with E-state index in [0.717, 1.165) is 21.9 Å². The van der Waals surface area contributed by atoms with Gasteiger partial charge in [0.25, 0.3) is 0 Å². The third kappa shape index (κ3) is 3.71. The number of fused-ring (bicyclic) bond motifs is 5. The van der Waals surface area contributed by atoms with Gasteiger partial charge in [0, 0.05) is 10.8 Å². The Kier molecular flexibility index (Phi) is 4.89. The van der Waals surface area contributed by atoms with Crippen LogP contribution in [0.4, 0.5) is 0 Å². The highest BCUT2D eigenvalue weighted by molar-refractivity contribution is 6.09. The molecule has 0 atom stereocenters. The number of hydrogen-bond donors (Lipinski definition) is 0. The summed E-state index contributed by atoms with van der Waals surface area (Å²) in [4.78, 5) is 0. The molecule has 0 radical (unpaired) electrons. The van der Waals surface area contributed by atoms with Crippen molar-refractivity contribution in [3.05, 3.63) is 146 Å². The van der Waals surface area contributed by atoms with Crippen molar-refractivity contribution in [2.75, 3.05) is 0 Å². The fourth-order valence-electron chi connectivity index (χ4n) is 5.83. The van der Waals surface area contributed by atoms with Crippen molar-refractivity contribution < 1.29 is 4.42 Å². The van der Waals surface area contributed by atoms with Crippen molar-refractivity contribution in [3.8, 4) is 33.4 Å². The minimum atomic E-state index is 0.909. The second-order valence-corrected chi connectivity index (χ2v) is 10.2. The summed E-state index contributed by atoms with van der Waals surface area (Å²) in [6.45, 7) is 0. The Morgan fingerprint density at radius 3 is 1.49 bits per heavy atom. The third-order valence-electron chi connectivity index (χ3n) is 7.83. The molecule has 1 heteroatoms. The van der Waals surface area contributed by atoms with Gasteiger partial charge in [-0.25, -0.2) is 0 Å². The predicted octanol–water partition coefficient (Wildman–Crippen LogP) is 10.9. The van der Waals surface area contributed by atoms with Crippen LogP contribution in [0.3, 0.4) is 0 Å². The van der Waals surface area contributed by atoms with Gasteiger partial charge in [-0.05, 0) is 97.4 Å². The minimum Gasteiger partial charge on any atom is -0.456 e. The maximum atomic E-state index is 6.29. The molecule has 182 valence electrons. The van der Waals surface area contributed by atoms with Crippen LogP contribution in [0.25, 0.3) is 76.9 Å². The summed E-state index contributed by atoms with van der Waals surface area (Å²) < 4.78 is 6.29. The molecule has 0 amide bonds. The van der Waals surface area contributed by atoms with Gasteiger partial charge in [-0.2, -0.15) is 0 Å². The summed E-state index contributed by atoms with van der Waals surface area (Å²) in [6, 6.07) is 52.2. The molecule has 0 aliphatic carbocycles. The van der Waals surface area contributed by atoms with Crippen molar-refractivity contribution in [1.29, 1.82) is 0 Å². The van der Waals surface area contributed by atoms with Crippen LogP contribution in [0.2, 0.25) is 0 Å². The highest BCUT2D eigenvalue weighted by atomic mass is 16.3. The summed E-state index contributed by atoms with van der Waals surface area (Å²) in [5.41, 5.74) is 9.08. The third-order valence-corrected chi connectivity index (χ3v) is 7.83. The number of furan rings is 1. The molecule has 0 bridgehead atoms. The number of benzene rings is 7. The molecule has 1 aromatic heterocycles. The molecular weight excluding hydrogens is 472 g/mol. The van der Waals surface area contributed by atoms with Crippen molar-refractivity contribution >= 4 is 43.5 Å². The topological polar surface area (TPSA) is 13.1 Å². The standard InChI is InChI=1S/C38H24O/c1-2-9-26(10-3-1)33-21-28-12-6-7-13-29(28)22-34(33)32-17-19-38-36(24-32)35-23-31(16-18-37(35)39-38)30-15-14-25-8-4-5-11-27(25)20-30/h1-24H. The first-order valence-electron chi connectivity index (χ1n) is 13.3. The number of hydrogen-bond acceptors (Lipinski definition) is 1. The van der Waals surface area contributed by atoms with E-state index in [4.69, 9.17) is 4.42 Å². The fourth-order valence-corrected chi connectivity index (χ4v) is 5.83. The van der Waals surface area contributed by atoms with Gasteiger partial charge in [0.2, 0.25) is 0 Å². The van der Waals surface area contributed by atoms with Crippen LogP contribution >= 0.6 is 0 Å². The summed E-state index contributed by atoms with van der Waals surface area (Å²) in [5, 5.41) is 7.26. The zero-order chi connectivity index (χ0) is 25.8. The normalized spacial score (nSPS) is 11.6. The monoisotopic (exact) mass is 496 g/mol. The lowest BCUT2D eigenvalue weighted by Gasteiger charge is -2.13. The van der Waals surface area contributed by atoms with E-state index in [1.54, 1.807) is 0 Å². The summed E-state index contributed by atoms with van der Waals surface area (Å²) in [5.74, 6) is 0. The van der Waals surface area contributed by atoms with Crippen LogP contribution < -0.4 is 0 Å². The molecule has 0 aliphatic rings. The Morgan fingerprint density at radius 2 is 0.795 bits per heavy atom. The first-order chi connectivity index (χ1) is 19.3. The van der Waals surface area contributed by atoms with Gasteiger partial charge in [-0.1, -0.05) is 103 Å². The fraction of sp³-hybridized carbons (Fsp3) is 0. The van der Waals surface area contributed by atoms with E-state index in [2.05, 4.69) is 146 Å². The average molecular weight is 497 g/mol. The van der Waals surface area contributed by atoms with E-state index in [9.17, 15) is 0 Å². The van der Waals surface area contributed by atoms with Gasteiger partial charge in [0.15, 0.2) is 0 Å². The highest BCUT2D eigenvalue weighted by Gasteiger charge is 2.14. The lowest BCUT2D eigenvalue weighted by molar-refractivity contribution is 0.669. The van der Waals surface area contributed by atoms with Crippen molar-refractivity contribution in [2.45, 2.75) is 0 Å².